The minimum Gasteiger partial charge on any atom is -0.394 e. The van der Waals surface area contributed by atoms with Crippen molar-refractivity contribution in [1.82, 2.24) is 15.2 Å². The van der Waals surface area contributed by atoms with Gasteiger partial charge in [0.25, 0.3) is 0 Å². The first-order valence-corrected chi connectivity index (χ1v) is 7.40. The molecule has 1 heterocycles. The third kappa shape index (κ3) is 4.23. The second kappa shape index (κ2) is 7.69. The molecule has 5 heteroatoms. The van der Waals surface area contributed by atoms with Crippen molar-refractivity contribution < 1.29 is 5.11 Å². The fourth-order valence-corrected chi connectivity index (χ4v) is 2.24. The van der Waals surface area contributed by atoms with Crippen LogP contribution in [0.1, 0.15) is 30.8 Å². The minimum atomic E-state index is -0.119. The summed E-state index contributed by atoms with van der Waals surface area (Å²) in [5.41, 5.74) is 3.07. The molecule has 0 bridgehead atoms. The number of hydrogen-bond acceptors (Lipinski definition) is 5. The lowest BCUT2D eigenvalue weighted by Gasteiger charge is -2.16. The minimum absolute atomic E-state index is 0.0231. The molecular formula is C16H22N4O. The van der Waals surface area contributed by atoms with Gasteiger partial charge in [0.05, 0.1) is 24.0 Å². The zero-order valence-electron chi connectivity index (χ0n) is 12.6. The first-order valence-electron chi connectivity index (χ1n) is 7.40. The number of rotatable bonds is 7. The second-order valence-electron chi connectivity index (χ2n) is 4.95. The first kappa shape index (κ1) is 15.4. The number of hydrogen-bond donors (Lipinski definition) is 2. The Bertz CT molecular complexity index is 559. The molecule has 2 N–H and O–H groups in total. The smallest absolute Gasteiger partial charge is 0.243 e. The summed E-state index contributed by atoms with van der Waals surface area (Å²) < 4.78 is 0. The van der Waals surface area contributed by atoms with Crippen molar-refractivity contribution in [1.29, 1.82) is 0 Å². The Balaban J connectivity index is 2.08. The number of aliphatic hydroxyl groups is 1. The number of aryl methyl sites for hydroxylation is 2. The Hall–Kier alpha value is -2.01. The molecule has 0 saturated carbocycles. The summed E-state index contributed by atoms with van der Waals surface area (Å²) in [4.78, 5) is 4.50. The molecule has 0 spiro atoms. The van der Waals surface area contributed by atoms with Gasteiger partial charge in [-0.3, -0.25) is 0 Å². The van der Waals surface area contributed by atoms with Crippen LogP contribution in [0.5, 0.6) is 0 Å². The van der Waals surface area contributed by atoms with Gasteiger partial charge in [0.15, 0.2) is 0 Å². The van der Waals surface area contributed by atoms with Crippen LogP contribution in [0.25, 0.3) is 0 Å². The molecule has 0 saturated heterocycles. The maximum absolute atomic E-state index is 9.54. The molecule has 0 fully saturated rings. The average molecular weight is 286 g/mol. The predicted molar refractivity (Wildman–Crippen MR) is 83.2 cm³/mol. The van der Waals surface area contributed by atoms with Gasteiger partial charge in [-0.25, -0.2) is 4.98 Å². The van der Waals surface area contributed by atoms with Gasteiger partial charge in [-0.1, -0.05) is 44.2 Å². The highest BCUT2D eigenvalue weighted by atomic mass is 16.3. The molecule has 5 nitrogen and oxygen atoms in total. The van der Waals surface area contributed by atoms with E-state index in [4.69, 9.17) is 0 Å². The lowest BCUT2D eigenvalue weighted by molar-refractivity contribution is 0.273. The van der Waals surface area contributed by atoms with E-state index in [9.17, 15) is 5.11 Å². The van der Waals surface area contributed by atoms with Crippen molar-refractivity contribution in [3.63, 3.8) is 0 Å². The highest BCUT2D eigenvalue weighted by molar-refractivity contribution is 5.29. The average Bonchev–Trinajstić information content (AvgIpc) is 2.55. The highest BCUT2D eigenvalue weighted by Gasteiger charge is 2.12. The largest absolute Gasteiger partial charge is 0.394 e. The zero-order chi connectivity index (χ0) is 15.1. The van der Waals surface area contributed by atoms with Crippen LogP contribution in [0.15, 0.2) is 30.3 Å². The lowest BCUT2D eigenvalue weighted by Crippen LogP contribution is -2.28. The Morgan fingerprint density at radius 3 is 2.38 bits per heavy atom. The molecule has 1 aromatic heterocycles. The van der Waals surface area contributed by atoms with E-state index >= 15 is 0 Å². The van der Waals surface area contributed by atoms with Gasteiger partial charge in [0, 0.05) is 0 Å². The summed E-state index contributed by atoms with van der Waals surface area (Å²) >= 11 is 0. The Morgan fingerprint density at radius 1 is 1.05 bits per heavy atom. The number of anilines is 1. The van der Waals surface area contributed by atoms with E-state index in [1.54, 1.807) is 0 Å². The van der Waals surface area contributed by atoms with Gasteiger partial charge >= 0.3 is 0 Å². The molecule has 1 aromatic carbocycles. The summed E-state index contributed by atoms with van der Waals surface area (Å²) in [7, 11) is 0. The van der Waals surface area contributed by atoms with Crippen LogP contribution in [0, 0.1) is 0 Å². The van der Waals surface area contributed by atoms with Gasteiger partial charge in [0.1, 0.15) is 0 Å². The Labute approximate surface area is 125 Å². The van der Waals surface area contributed by atoms with Crippen LogP contribution in [-0.4, -0.2) is 32.9 Å². The lowest BCUT2D eigenvalue weighted by atomic mass is 10.1. The number of nitrogens with zero attached hydrogens (tertiary/aromatic N) is 3. The van der Waals surface area contributed by atoms with Crippen LogP contribution in [0.3, 0.4) is 0 Å². The van der Waals surface area contributed by atoms with E-state index in [2.05, 4.69) is 27.4 Å². The number of nitrogens with one attached hydrogen (secondary N) is 1. The van der Waals surface area contributed by atoms with E-state index < -0.39 is 0 Å². The first-order chi connectivity index (χ1) is 10.3. The highest BCUT2D eigenvalue weighted by Crippen LogP contribution is 2.10. The van der Waals surface area contributed by atoms with E-state index in [1.165, 1.54) is 0 Å². The SMILES string of the molecule is CCc1nnc(NC(CO)Cc2ccccc2)nc1CC. The van der Waals surface area contributed by atoms with E-state index in [1.807, 2.05) is 37.3 Å². The fourth-order valence-electron chi connectivity index (χ4n) is 2.24. The van der Waals surface area contributed by atoms with Crippen molar-refractivity contribution >= 4 is 5.95 Å². The molecule has 0 aliphatic heterocycles. The van der Waals surface area contributed by atoms with Crippen molar-refractivity contribution in [2.75, 3.05) is 11.9 Å². The maximum Gasteiger partial charge on any atom is 0.243 e. The standard InChI is InChI=1S/C16H22N4O/c1-3-14-15(4-2)19-20-16(18-14)17-13(11-21)10-12-8-6-5-7-9-12/h5-9,13,21H,3-4,10-11H2,1-2H3,(H,17,18,20). The van der Waals surface area contributed by atoms with Crippen molar-refractivity contribution in [2.24, 2.45) is 0 Å². The third-order valence-corrected chi connectivity index (χ3v) is 3.39. The molecule has 112 valence electrons. The topological polar surface area (TPSA) is 70.9 Å². The number of benzene rings is 1. The van der Waals surface area contributed by atoms with Gasteiger partial charge < -0.3 is 10.4 Å². The molecule has 21 heavy (non-hydrogen) atoms. The second-order valence-corrected chi connectivity index (χ2v) is 4.95. The van der Waals surface area contributed by atoms with Gasteiger partial charge in [0.2, 0.25) is 5.95 Å². The molecule has 1 unspecified atom stereocenters. The maximum atomic E-state index is 9.54. The summed E-state index contributed by atoms with van der Waals surface area (Å²) in [5, 5.41) is 21.0. The zero-order valence-corrected chi connectivity index (χ0v) is 12.6. The quantitative estimate of drug-likeness (QED) is 0.814. The summed E-state index contributed by atoms with van der Waals surface area (Å²) in [6.07, 6.45) is 2.38. The van der Waals surface area contributed by atoms with Crippen LogP contribution in [0.4, 0.5) is 5.95 Å². The third-order valence-electron chi connectivity index (χ3n) is 3.39. The molecule has 2 aromatic rings. The normalized spacial score (nSPS) is 12.1. The van der Waals surface area contributed by atoms with E-state index in [0.29, 0.717) is 5.95 Å². The molecule has 0 aliphatic rings. The Morgan fingerprint density at radius 2 is 1.76 bits per heavy atom. The molecule has 0 aliphatic carbocycles. The molecule has 1 atom stereocenters. The van der Waals surface area contributed by atoms with Crippen molar-refractivity contribution in [2.45, 2.75) is 39.2 Å². The fraction of sp³-hybridized carbons (Fsp3) is 0.438. The summed E-state index contributed by atoms with van der Waals surface area (Å²) in [5.74, 6) is 0.485. The van der Waals surface area contributed by atoms with Gasteiger partial charge in [-0.05, 0) is 24.8 Å². The van der Waals surface area contributed by atoms with E-state index in [-0.39, 0.29) is 12.6 Å². The number of aromatic nitrogens is 3. The number of aliphatic hydroxyl groups excluding tert-OH is 1. The monoisotopic (exact) mass is 286 g/mol. The van der Waals surface area contributed by atoms with Crippen LogP contribution >= 0.6 is 0 Å². The van der Waals surface area contributed by atoms with Crippen molar-refractivity contribution in [3.05, 3.63) is 47.3 Å². The molecule has 0 amide bonds. The van der Waals surface area contributed by atoms with Gasteiger partial charge in [-0.15, -0.1) is 5.10 Å². The Kier molecular flexibility index (Phi) is 5.63. The predicted octanol–water partition coefficient (Wildman–Crippen LogP) is 2.01. The molecule has 2 rings (SSSR count). The van der Waals surface area contributed by atoms with Gasteiger partial charge in [-0.2, -0.15) is 5.10 Å². The molecular weight excluding hydrogens is 264 g/mol. The summed E-state index contributed by atoms with van der Waals surface area (Å²) in [6, 6.07) is 9.93. The van der Waals surface area contributed by atoms with Crippen LogP contribution in [0.2, 0.25) is 0 Å². The van der Waals surface area contributed by atoms with E-state index in [0.717, 1.165) is 36.2 Å². The summed E-state index contributed by atoms with van der Waals surface area (Å²) in [6.45, 7) is 4.12. The van der Waals surface area contributed by atoms with Crippen LogP contribution in [-0.2, 0) is 19.3 Å². The van der Waals surface area contributed by atoms with Crippen LogP contribution < -0.4 is 5.32 Å². The van der Waals surface area contributed by atoms with Crippen molar-refractivity contribution in [3.8, 4) is 0 Å². The molecule has 0 radical (unpaired) electrons.